The number of nitrogens with zero attached hydrogens (tertiary/aromatic N) is 5. The van der Waals surface area contributed by atoms with Crippen LogP contribution in [0.25, 0.3) is 21.9 Å². The summed E-state index contributed by atoms with van der Waals surface area (Å²) >= 11 is -1.06. The quantitative estimate of drug-likeness (QED) is 0.311. The monoisotopic (exact) mass is 570 g/mol. The van der Waals surface area contributed by atoms with Crippen molar-refractivity contribution < 1.29 is 14.0 Å². The second kappa shape index (κ2) is 13.2. The van der Waals surface area contributed by atoms with E-state index in [4.69, 9.17) is 9.47 Å². The highest BCUT2D eigenvalue weighted by molar-refractivity contribution is 7.90. The Morgan fingerprint density at radius 1 is 1.10 bits per heavy atom. The Morgan fingerprint density at radius 2 is 1.75 bits per heavy atom. The minimum atomic E-state index is -1.06. The van der Waals surface area contributed by atoms with Gasteiger partial charge in [-0.3, -0.25) is 9.69 Å². The number of methoxy groups -OCH3 is 2. The summed E-state index contributed by atoms with van der Waals surface area (Å²) < 4.78 is 29.2. The number of rotatable bonds is 13. The molecule has 0 amide bonds. The van der Waals surface area contributed by atoms with Crippen LogP contribution in [0.2, 0.25) is 0 Å². The number of hydrogen-bond donors (Lipinski definition) is 1. The second-order valence-corrected chi connectivity index (χ2v) is 11.9. The van der Waals surface area contributed by atoms with Crippen LogP contribution in [0.5, 0.6) is 11.5 Å². The number of aromatic nitrogens is 2. The predicted molar refractivity (Wildman–Crippen MR) is 163 cm³/mol. The standard InChI is InChI=1S/C29H42N6O4S/c1-8-34(9-2)11-10-31-40(37)21-16-35(17-21)19-25-26(38-6)12-20(13-27(25)39-7)24-18-33(5)29(36)23-15-30-28(32(3)4)14-22(23)24/h12-15,18,21,31H,8-11,16-17,19H2,1-7H3. The van der Waals surface area contributed by atoms with Crippen molar-refractivity contribution in [3.05, 3.63) is 46.5 Å². The molecule has 11 heteroatoms. The van der Waals surface area contributed by atoms with Gasteiger partial charge < -0.3 is 28.4 Å². The zero-order valence-electron chi connectivity index (χ0n) is 24.7. The topological polar surface area (TPSA) is 98.2 Å². The van der Waals surface area contributed by atoms with E-state index in [9.17, 15) is 9.35 Å². The average Bonchev–Trinajstić information content (AvgIpc) is 2.93. The molecule has 4 rings (SSSR count). The van der Waals surface area contributed by atoms with Gasteiger partial charge in [0.05, 0.1) is 31.7 Å². The molecule has 0 spiro atoms. The second-order valence-electron chi connectivity index (χ2n) is 10.3. The summed E-state index contributed by atoms with van der Waals surface area (Å²) in [5.74, 6) is 2.19. The van der Waals surface area contributed by atoms with Crippen LogP contribution >= 0.6 is 0 Å². The average molecular weight is 571 g/mol. The third kappa shape index (κ3) is 6.39. The molecule has 1 aliphatic heterocycles. The lowest BCUT2D eigenvalue weighted by Crippen LogP contribution is -2.57. The fourth-order valence-corrected chi connectivity index (χ4v) is 6.31. The third-order valence-corrected chi connectivity index (χ3v) is 9.00. The predicted octanol–water partition coefficient (Wildman–Crippen LogP) is 2.46. The maximum absolute atomic E-state index is 12.9. The van der Waals surface area contributed by atoms with Crippen molar-refractivity contribution in [2.45, 2.75) is 25.6 Å². The van der Waals surface area contributed by atoms with E-state index < -0.39 is 11.4 Å². The van der Waals surface area contributed by atoms with E-state index in [1.54, 1.807) is 32.0 Å². The first-order valence-corrected chi connectivity index (χ1v) is 14.9. The number of benzene rings is 1. The molecular weight excluding hydrogens is 528 g/mol. The molecule has 0 aliphatic carbocycles. The Hall–Kier alpha value is -2.83. The molecule has 2 aromatic heterocycles. The maximum Gasteiger partial charge on any atom is 0.259 e. The van der Waals surface area contributed by atoms with Gasteiger partial charge in [-0.25, -0.2) is 4.98 Å². The van der Waals surface area contributed by atoms with Gasteiger partial charge in [0.1, 0.15) is 17.3 Å². The van der Waals surface area contributed by atoms with Gasteiger partial charge in [-0.05, 0) is 36.9 Å². The van der Waals surface area contributed by atoms with E-state index >= 15 is 0 Å². The van der Waals surface area contributed by atoms with E-state index in [-0.39, 0.29) is 10.8 Å². The van der Waals surface area contributed by atoms with Gasteiger partial charge in [0, 0.05) is 82.0 Å². The summed E-state index contributed by atoms with van der Waals surface area (Å²) in [6, 6.07) is 5.93. The van der Waals surface area contributed by atoms with Crippen LogP contribution in [0, 0.1) is 0 Å². The van der Waals surface area contributed by atoms with E-state index in [0.717, 1.165) is 67.2 Å². The van der Waals surface area contributed by atoms with Crippen LogP contribution in [0.4, 0.5) is 5.82 Å². The number of ether oxygens (including phenoxy) is 2. The van der Waals surface area contributed by atoms with Crippen LogP contribution in [-0.2, 0) is 25.0 Å². The molecule has 1 fully saturated rings. The van der Waals surface area contributed by atoms with Crippen LogP contribution in [0.3, 0.4) is 0 Å². The lowest BCUT2D eigenvalue weighted by Gasteiger charge is -2.39. The first kappa shape index (κ1) is 30.1. The molecule has 1 aromatic carbocycles. The summed E-state index contributed by atoms with van der Waals surface area (Å²) in [6.07, 6.45) is 3.49. The Labute approximate surface area is 240 Å². The van der Waals surface area contributed by atoms with E-state index in [1.165, 1.54) is 0 Å². The van der Waals surface area contributed by atoms with Crippen molar-refractivity contribution in [2.75, 3.05) is 72.5 Å². The normalized spacial score (nSPS) is 14.9. The van der Waals surface area contributed by atoms with Crippen LogP contribution < -0.4 is 24.7 Å². The van der Waals surface area contributed by atoms with Gasteiger partial charge >= 0.3 is 0 Å². The number of aryl methyl sites for hydroxylation is 1. The van der Waals surface area contributed by atoms with E-state index in [0.29, 0.717) is 23.4 Å². The fraction of sp³-hybridized carbons (Fsp3) is 0.517. The molecule has 0 bridgehead atoms. The number of fused-ring (bicyclic) bond motifs is 1. The van der Waals surface area contributed by atoms with Crippen LogP contribution in [-0.4, -0.2) is 96.7 Å². The first-order chi connectivity index (χ1) is 19.2. The van der Waals surface area contributed by atoms with Crippen molar-refractivity contribution in [1.29, 1.82) is 0 Å². The molecule has 1 atom stereocenters. The van der Waals surface area contributed by atoms with Crippen molar-refractivity contribution in [2.24, 2.45) is 7.05 Å². The minimum Gasteiger partial charge on any atom is -0.598 e. The van der Waals surface area contributed by atoms with Gasteiger partial charge in [-0.1, -0.05) is 13.8 Å². The zero-order chi connectivity index (χ0) is 29.0. The van der Waals surface area contributed by atoms with Gasteiger partial charge in [0.15, 0.2) is 5.25 Å². The highest BCUT2D eigenvalue weighted by Crippen LogP contribution is 2.39. The number of likely N-dealkylation sites (N-methyl/N-ethyl adjacent to an activating group) is 1. The number of hydrogen-bond acceptors (Lipinski definition) is 9. The third-order valence-electron chi connectivity index (χ3n) is 7.61. The fourth-order valence-electron chi connectivity index (χ4n) is 5.09. The molecule has 10 nitrogen and oxygen atoms in total. The number of nitrogens with one attached hydrogen (secondary N) is 1. The zero-order valence-corrected chi connectivity index (χ0v) is 25.5. The Morgan fingerprint density at radius 3 is 2.33 bits per heavy atom. The van der Waals surface area contributed by atoms with Crippen molar-refractivity contribution in [3.8, 4) is 22.6 Å². The molecule has 3 aromatic rings. The summed E-state index contributed by atoms with van der Waals surface area (Å²) in [7, 11) is 8.91. The Kier molecular flexibility index (Phi) is 9.96. The SMILES string of the molecule is CCN(CC)CCN[S+]([O-])C1CN(Cc2c(OC)cc(-c3cn(C)c(=O)c4cnc(N(C)C)cc34)cc2OC)C1. The van der Waals surface area contributed by atoms with Crippen LogP contribution in [0.1, 0.15) is 19.4 Å². The molecular formula is C29H42N6O4S. The summed E-state index contributed by atoms with van der Waals surface area (Å²) in [5.41, 5.74) is 2.62. The lowest BCUT2D eigenvalue weighted by molar-refractivity contribution is 0.171. The highest BCUT2D eigenvalue weighted by atomic mass is 32.2. The largest absolute Gasteiger partial charge is 0.598 e. The molecule has 218 valence electrons. The smallest absolute Gasteiger partial charge is 0.259 e. The summed E-state index contributed by atoms with van der Waals surface area (Å²) in [5, 5.41) is 1.47. The molecule has 1 aliphatic rings. The van der Waals surface area contributed by atoms with Gasteiger partial charge in [-0.2, -0.15) is 0 Å². The van der Waals surface area contributed by atoms with Gasteiger partial charge in [0.25, 0.3) is 5.56 Å². The van der Waals surface area contributed by atoms with Crippen LogP contribution in [0.15, 0.2) is 35.4 Å². The minimum absolute atomic E-state index is 0.0978. The molecule has 3 heterocycles. The van der Waals surface area contributed by atoms with Gasteiger partial charge in [0.2, 0.25) is 0 Å². The molecule has 40 heavy (non-hydrogen) atoms. The highest BCUT2D eigenvalue weighted by Gasteiger charge is 2.37. The lowest BCUT2D eigenvalue weighted by atomic mass is 9.98. The van der Waals surface area contributed by atoms with Gasteiger partial charge in [-0.15, -0.1) is 4.72 Å². The Balaban J connectivity index is 1.55. The Bertz CT molecular complexity index is 1350. The number of likely N-dealkylation sites (tertiary alicyclic amines) is 1. The molecule has 1 N–H and O–H groups in total. The number of anilines is 1. The molecule has 0 saturated carbocycles. The summed E-state index contributed by atoms with van der Waals surface area (Å²) in [4.78, 5) is 23.8. The van der Waals surface area contributed by atoms with Crippen molar-refractivity contribution in [3.63, 3.8) is 0 Å². The molecule has 0 radical (unpaired) electrons. The molecule has 1 unspecified atom stereocenters. The van der Waals surface area contributed by atoms with Crippen molar-refractivity contribution >= 4 is 28.0 Å². The van der Waals surface area contributed by atoms with E-state index in [1.807, 2.05) is 43.4 Å². The summed E-state index contributed by atoms with van der Waals surface area (Å²) in [6.45, 7) is 10.0. The first-order valence-electron chi connectivity index (χ1n) is 13.7. The number of pyridine rings is 2. The van der Waals surface area contributed by atoms with E-state index in [2.05, 4.69) is 33.4 Å². The maximum atomic E-state index is 12.9. The molecule has 1 saturated heterocycles. The van der Waals surface area contributed by atoms with Crippen molar-refractivity contribution in [1.82, 2.24) is 24.1 Å².